The number of nitrogens with zero attached hydrogens (tertiary/aromatic N) is 2. The number of hydrogen-bond acceptors (Lipinski definition) is 3. The highest BCUT2D eigenvalue weighted by atomic mass is 32.2. The van der Waals surface area contributed by atoms with Crippen LogP contribution in [0, 0.1) is 0 Å². The number of likely N-dealkylation sites (N-methyl/N-ethyl adjacent to an activating group) is 1. The molecule has 150 valence electrons. The zero-order valence-electron chi connectivity index (χ0n) is 17.1. The van der Waals surface area contributed by atoms with Crippen LogP contribution in [0.5, 0.6) is 0 Å². The molecule has 0 aliphatic carbocycles. The number of anilines is 2. The lowest BCUT2D eigenvalue weighted by atomic mass is 10.1. The SMILES string of the molecule is C=CCNC(=O)c1ccc2c(c1)N(C(C)C[N+]1(C)CC=CC1)c1ccccc1S2. The molecule has 0 bridgehead atoms. The van der Waals surface area contributed by atoms with Gasteiger partial charge in [-0.05, 0) is 49.4 Å². The molecule has 2 aliphatic heterocycles. The summed E-state index contributed by atoms with van der Waals surface area (Å²) in [6.45, 7) is 9.63. The molecule has 1 amide bonds. The fourth-order valence-electron chi connectivity index (χ4n) is 4.27. The van der Waals surface area contributed by atoms with E-state index in [1.807, 2.05) is 12.1 Å². The van der Waals surface area contributed by atoms with Crippen LogP contribution in [0.4, 0.5) is 11.4 Å². The molecule has 4 rings (SSSR count). The molecule has 0 saturated carbocycles. The second-order valence-electron chi connectivity index (χ2n) is 8.11. The molecule has 0 fully saturated rings. The van der Waals surface area contributed by atoms with Crippen LogP contribution in [-0.2, 0) is 0 Å². The van der Waals surface area contributed by atoms with Gasteiger partial charge in [0.15, 0.2) is 0 Å². The van der Waals surface area contributed by atoms with Crippen molar-refractivity contribution in [1.82, 2.24) is 5.32 Å². The number of carbonyl (C=O) groups excluding carboxylic acids is 1. The third kappa shape index (κ3) is 3.98. The van der Waals surface area contributed by atoms with Crippen molar-refractivity contribution in [2.75, 3.05) is 38.1 Å². The highest BCUT2D eigenvalue weighted by molar-refractivity contribution is 7.99. The van der Waals surface area contributed by atoms with Crippen molar-refractivity contribution in [3.8, 4) is 0 Å². The highest BCUT2D eigenvalue weighted by Gasteiger charge is 2.33. The van der Waals surface area contributed by atoms with Crippen molar-refractivity contribution in [3.63, 3.8) is 0 Å². The molecular weight excluding hydrogens is 378 g/mol. The van der Waals surface area contributed by atoms with E-state index < -0.39 is 0 Å². The van der Waals surface area contributed by atoms with Crippen LogP contribution in [0.1, 0.15) is 17.3 Å². The van der Waals surface area contributed by atoms with Gasteiger partial charge in [0.1, 0.15) is 0 Å². The third-order valence-corrected chi connectivity index (χ3v) is 6.77. The fraction of sp³-hybridized carbons (Fsp3) is 0.292. The molecule has 2 heterocycles. The molecule has 0 spiro atoms. The van der Waals surface area contributed by atoms with Gasteiger partial charge in [0, 0.05) is 21.9 Å². The lowest BCUT2D eigenvalue weighted by Crippen LogP contribution is -2.50. The van der Waals surface area contributed by atoms with Gasteiger partial charge in [-0.25, -0.2) is 0 Å². The summed E-state index contributed by atoms with van der Waals surface area (Å²) in [6, 6.07) is 14.9. The van der Waals surface area contributed by atoms with Crippen LogP contribution in [0.15, 0.2) is 77.1 Å². The van der Waals surface area contributed by atoms with E-state index in [1.54, 1.807) is 17.8 Å². The molecule has 5 heteroatoms. The number of quaternary nitrogens is 1. The molecule has 2 aromatic carbocycles. The van der Waals surface area contributed by atoms with E-state index in [0.29, 0.717) is 18.2 Å². The minimum absolute atomic E-state index is 0.0631. The first kappa shape index (κ1) is 19.8. The van der Waals surface area contributed by atoms with Crippen LogP contribution in [0.2, 0.25) is 0 Å². The van der Waals surface area contributed by atoms with Gasteiger partial charge in [0.25, 0.3) is 5.91 Å². The summed E-state index contributed by atoms with van der Waals surface area (Å²) in [4.78, 5) is 17.4. The number of amides is 1. The van der Waals surface area contributed by atoms with Crippen LogP contribution < -0.4 is 10.2 Å². The molecule has 2 aromatic rings. The Labute approximate surface area is 177 Å². The summed E-state index contributed by atoms with van der Waals surface area (Å²) < 4.78 is 1.02. The molecule has 1 N–H and O–H groups in total. The Kier molecular flexibility index (Phi) is 5.52. The van der Waals surface area contributed by atoms with Crippen LogP contribution in [-0.4, -0.2) is 49.7 Å². The van der Waals surface area contributed by atoms with E-state index in [-0.39, 0.29) is 5.91 Å². The van der Waals surface area contributed by atoms with E-state index in [4.69, 9.17) is 0 Å². The summed E-state index contributed by atoms with van der Waals surface area (Å²) in [5, 5.41) is 2.89. The number of hydrogen-bond donors (Lipinski definition) is 1. The standard InChI is InChI=1S/C24H27N3OS/c1-4-13-25-24(28)19-11-12-23-21(16-19)26(20-9-5-6-10-22(20)29-23)18(2)17-27(3)14-7-8-15-27/h4-12,16,18H,1,13-15,17H2,2-3H3/p+1. The predicted octanol–water partition coefficient (Wildman–Crippen LogP) is 4.61. The summed E-state index contributed by atoms with van der Waals surface area (Å²) in [6.07, 6.45) is 6.26. The summed E-state index contributed by atoms with van der Waals surface area (Å²) in [5.41, 5.74) is 3.03. The zero-order chi connectivity index (χ0) is 20.4. The molecule has 1 unspecified atom stereocenters. The monoisotopic (exact) mass is 406 g/mol. The summed E-state index contributed by atoms with van der Waals surface area (Å²) >= 11 is 1.78. The average molecular weight is 407 g/mol. The van der Waals surface area contributed by atoms with Crippen LogP contribution >= 0.6 is 11.8 Å². The van der Waals surface area contributed by atoms with Crippen molar-refractivity contribution in [2.45, 2.75) is 22.8 Å². The van der Waals surface area contributed by atoms with Gasteiger partial charge in [-0.3, -0.25) is 4.79 Å². The smallest absolute Gasteiger partial charge is 0.251 e. The zero-order valence-corrected chi connectivity index (χ0v) is 17.9. The van der Waals surface area contributed by atoms with Crippen molar-refractivity contribution < 1.29 is 9.28 Å². The number of fused-ring (bicyclic) bond motifs is 2. The normalized spacial score (nSPS) is 17.4. The first-order chi connectivity index (χ1) is 14.0. The average Bonchev–Trinajstić information content (AvgIpc) is 3.15. The Hall–Kier alpha value is -2.50. The Morgan fingerprint density at radius 3 is 2.69 bits per heavy atom. The van der Waals surface area contributed by atoms with Crippen LogP contribution in [0.3, 0.4) is 0 Å². The second-order valence-corrected chi connectivity index (χ2v) is 9.19. The number of nitrogens with one attached hydrogen (secondary N) is 1. The lowest BCUT2D eigenvalue weighted by Gasteiger charge is -2.41. The quantitative estimate of drug-likeness (QED) is 0.562. The second kappa shape index (κ2) is 8.09. The third-order valence-electron chi connectivity index (χ3n) is 5.64. The number of para-hydroxylation sites is 1. The van der Waals surface area contributed by atoms with E-state index in [9.17, 15) is 4.79 Å². The van der Waals surface area contributed by atoms with Gasteiger partial charge in [-0.1, -0.05) is 30.0 Å². The number of benzene rings is 2. The summed E-state index contributed by atoms with van der Waals surface area (Å²) in [5.74, 6) is -0.0631. The minimum atomic E-state index is -0.0631. The van der Waals surface area contributed by atoms with E-state index in [0.717, 1.165) is 29.8 Å². The largest absolute Gasteiger partial charge is 0.349 e. The predicted molar refractivity (Wildman–Crippen MR) is 121 cm³/mol. The minimum Gasteiger partial charge on any atom is -0.349 e. The topological polar surface area (TPSA) is 32.3 Å². The van der Waals surface area contributed by atoms with E-state index >= 15 is 0 Å². The van der Waals surface area contributed by atoms with Crippen molar-refractivity contribution in [3.05, 3.63) is 72.8 Å². The van der Waals surface area contributed by atoms with Gasteiger partial charge in [-0.2, -0.15) is 0 Å². The maximum absolute atomic E-state index is 12.5. The Morgan fingerprint density at radius 1 is 1.21 bits per heavy atom. The Bertz CT molecular complexity index is 960. The van der Waals surface area contributed by atoms with Crippen LogP contribution in [0.25, 0.3) is 0 Å². The molecular formula is C24H28N3OS+. The first-order valence-electron chi connectivity index (χ1n) is 10.1. The van der Waals surface area contributed by atoms with Gasteiger partial charge in [-0.15, -0.1) is 6.58 Å². The van der Waals surface area contributed by atoms with Gasteiger partial charge >= 0.3 is 0 Å². The molecule has 2 aliphatic rings. The first-order valence-corrected chi connectivity index (χ1v) is 10.9. The summed E-state index contributed by atoms with van der Waals surface area (Å²) in [7, 11) is 2.32. The maximum atomic E-state index is 12.5. The van der Waals surface area contributed by atoms with Gasteiger partial charge in [0.05, 0.1) is 44.1 Å². The molecule has 29 heavy (non-hydrogen) atoms. The maximum Gasteiger partial charge on any atom is 0.251 e. The molecule has 0 aromatic heterocycles. The van der Waals surface area contributed by atoms with E-state index in [1.165, 1.54) is 15.5 Å². The number of rotatable bonds is 6. The highest BCUT2D eigenvalue weighted by Crippen LogP contribution is 2.49. The van der Waals surface area contributed by atoms with Gasteiger partial charge < -0.3 is 14.7 Å². The lowest BCUT2D eigenvalue weighted by molar-refractivity contribution is -0.894. The fourth-order valence-corrected chi connectivity index (χ4v) is 5.32. The Morgan fingerprint density at radius 2 is 1.93 bits per heavy atom. The van der Waals surface area contributed by atoms with Crippen molar-refractivity contribution in [1.29, 1.82) is 0 Å². The molecule has 0 radical (unpaired) electrons. The van der Waals surface area contributed by atoms with Crippen molar-refractivity contribution in [2.24, 2.45) is 0 Å². The molecule has 0 saturated heterocycles. The number of carbonyl (C=O) groups is 1. The molecule has 1 atom stereocenters. The van der Waals surface area contributed by atoms with E-state index in [2.05, 4.69) is 73.3 Å². The van der Waals surface area contributed by atoms with Gasteiger partial charge in [0.2, 0.25) is 0 Å². The Balaban J connectivity index is 1.71. The van der Waals surface area contributed by atoms with Crippen molar-refractivity contribution >= 4 is 29.0 Å². The molecule has 4 nitrogen and oxygen atoms in total.